The van der Waals surface area contributed by atoms with Crippen LogP contribution < -0.4 is 4.90 Å². The molecule has 0 aliphatic rings. The second kappa shape index (κ2) is 6.18. The van der Waals surface area contributed by atoms with Gasteiger partial charge in [0, 0.05) is 31.4 Å². The van der Waals surface area contributed by atoms with Crippen molar-refractivity contribution in [2.75, 3.05) is 24.9 Å². The summed E-state index contributed by atoms with van der Waals surface area (Å²) in [5, 5.41) is 1.50. The maximum absolute atomic E-state index is 5.69. The Balaban J connectivity index is 2.65. The van der Waals surface area contributed by atoms with Gasteiger partial charge < -0.3 is 4.90 Å². The minimum absolute atomic E-state index is 0.493. The van der Waals surface area contributed by atoms with Gasteiger partial charge in [0.15, 0.2) is 0 Å². The van der Waals surface area contributed by atoms with Gasteiger partial charge in [0.2, 0.25) is 5.95 Å². The lowest BCUT2D eigenvalue weighted by molar-refractivity contribution is 0.898. The molecule has 15 heavy (non-hydrogen) atoms. The lowest BCUT2D eigenvalue weighted by Gasteiger charge is -2.12. The highest BCUT2D eigenvalue weighted by molar-refractivity contribution is 7.99. The number of halogens is 1. The van der Waals surface area contributed by atoms with Crippen LogP contribution in [0.15, 0.2) is 17.3 Å². The summed E-state index contributed by atoms with van der Waals surface area (Å²) in [6.07, 6.45) is 2.78. The molecule has 0 aliphatic heterocycles. The summed E-state index contributed by atoms with van der Waals surface area (Å²) in [5.41, 5.74) is 0. The number of nitrogens with zero attached hydrogens (tertiary/aromatic N) is 3. The van der Waals surface area contributed by atoms with E-state index in [4.69, 9.17) is 11.6 Å². The van der Waals surface area contributed by atoms with Gasteiger partial charge in [-0.25, -0.2) is 9.97 Å². The van der Waals surface area contributed by atoms with Crippen LogP contribution in [0, 0.1) is 0 Å². The molecule has 0 aromatic carbocycles. The molecule has 5 heteroatoms. The van der Waals surface area contributed by atoms with Gasteiger partial charge in [-0.15, -0.1) is 23.4 Å². The first-order valence-electron chi connectivity index (χ1n) is 4.86. The Kier molecular flexibility index (Phi) is 5.19. The van der Waals surface area contributed by atoms with E-state index < -0.39 is 0 Å². The fraction of sp³-hybridized carbons (Fsp3) is 0.600. The van der Waals surface area contributed by atoms with Crippen LogP contribution in [0.25, 0.3) is 0 Å². The van der Waals surface area contributed by atoms with E-state index in [-0.39, 0.29) is 0 Å². The third-order valence-electron chi connectivity index (χ3n) is 1.85. The fourth-order valence-corrected chi connectivity index (χ4v) is 2.41. The van der Waals surface area contributed by atoms with Crippen LogP contribution in [0.5, 0.6) is 0 Å². The number of hydrogen-bond acceptors (Lipinski definition) is 4. The highest BCUT2D eigenvalue weighted by Gasteiger charge is 2.06. The highest BCUT2D eigenvalue weighted by Crippen LogP contribution is 2.24. The Morgan fingerprint density at radius 3 is 2.87 bits per heavy atom. The molecule has 0 saturated carbocycles. The van der Waals surface area contributed by atoms with Crippen molar-refractivity contribution >= 4 is 29.3 Å². The molecule has 0 radical (unpaired) electrons. The summed E-state index contributed by atoms with van der Waals surface area (Å²) in [4.78, 5) is 10.5. The first-order chi connectivity index (χ1) is 7.13. The van der Waals surface area contributed by atoms with Crippen molar-refractivity contribution < 1.29 is 0 Å². The van der Waals surface area contributed by atoms with Gasteiger partial charge in [0.25, 0.3) is 0 Å². The molecule has 0 aliphatic carbocycles. The van der Waals surface area contributed by atoms with Crippen LogP contribution in [0.4, 0.5) is 5.95 Å². The molecule has 0 fully saturated rings. The summed E-state index contributed by atoms with van der Waals surface area (Å²) < 4.78 is 0. The molecule has 1 aromatic rings. The van der Waals surface area contributed by atoms with E-state index in [1.165, 1.54) is 0 Å². The van der Waals surface area contributed by atoms with Crippen molar-refractivity contribution in [3.63, 3.8) is 0 Å². The van der Waals surface area contributed by atoms with Gasteiger partial charge in [0.05, 0.1) is 0 Å². The molecule has 1 unspecified atom stereocenters. The van der Waals surface area contributed by atoms with Gasteiger partial charge in [-0.05, 0) is 12.5 Å². The Morgan fingerprint density at radius 2 is 2.27 bits per heavy atom. The Labute approximate surface area is 100 Å². The quantitative estimate of drug-likeness (QED) is 0.453. The standard InChI is InChI=1S/C10H16ClN3S/c1-8(4-6-11)15-9-5-7-12-10(13-9)14(2)3/h5,7-8H,4,6H2,1-3H3. The van der Waals surface area contributed by atoms with Gasteiger partial charge in [-0.1, -0.05) is 6.92 Å². The van der Waals surface area contributed by atoms with Crippen LogP contribution in [0.2, 0.25) is 0 Å². The second-order valence-electron chi connectivity index (χ2n) is 3.50. The van der Waals surface area contributed by atoms with Crippen LogP contribution in [0.3, 0.4) is 0 Å². The average molecular weight is 246 g/mol. The monoisotopic (exact) mass is 245 g/mol. The zero-order chi connectivity index (χ0) is 11.3. The van der Waals surface area contributed by atoms with Gasteiger partial charge >= 0.3 is 0 Å². The number of rotatable bonds is 5. The molecule has 1 rings (SSSR count). The summed E-state index contributed by atoms with van der Waals surface area (Å²) in [6.45, 7) is 2.16. The molecule has 0 bridgehead atoms. The van der Waals surface area contributed by atoms with E-state index in [1.54, 1.807) is 18.0 Å². The SMILES string of the molecule is CC(CCCl)Sc1ccnc(N(C)C)n1. The predicted octanol–water partition coefficient (Wildman–Crippen LogP) is 2.65. The summed E-state index contributed by atoms with van der Waals surface area (Å²) in [7, 11) is 3.87. The van der Waals surface area contributed by atoms with E-state index in [2.05, 4.69) is 16.9 Å². The van der Waals surface area contributed by atoms with E-state index in [1.807, 2.05) is 25.1 Å². The fourth-order valence-electron chi connectivity index (χ4n) is 1.03. The zero-order valence-electron chi connectivity index (χ0n) is 9.27. The minimum atomic E-state index is 0.493. The smallest absolute Gasteiger partial charge is 0.225 e. The average Bonchev–Trinajstić information content (AvgIpc) is 2.18. The van der Waals surface area contributed by atoms with Crippen molar-refractivity contribution in [3.05, 3.63) is 12.3 Å². The molecule has 1 atom stereocenters. The van der Waals surface area contributed by atoms with Crippen molar-refractivity contribution in [1.29, 1.82) is 0 Å². The van der Waals surface area contributed by atoms with Gasteiger partial charge in [0.1, 0.15) is 5.03 Å². The number of thioether (sulfide) groups is 1. The van der Waals surface area contributed by atoms with Crippen LogP contribution in [0.1, 0.15) is 13.3 Å². The number of aromatic nitrogens is 2. The highest BCUT2D eigenvalue weighted by atomic mass is 35.5. The van der Waals surface area contributed by atoms with E-state index in [0.717, 1.165) is 17.4 Å². The normalized spacial score (nSPS) is 12.5. The maximum Gasteiger partial charge on any atom is 0.225 e. The Morgan fingerprint density at radius 1 is 1.53 bits per heavy atom. The van der Waals surface area contributed by atoms with E-state index >= 15 is 0 Å². The molecule has 0 spiro atoms. The number of anilines is 1. The predicted molar refractivity (Wildman–Crippen MR) is 67.0 cm³/mol. The molecular weight excluding hydrogens is 230 g/mol. The summed E-state index contributed by atoms with van der Waals surface area (Å²) in [6, 6.07) is 1.93. The van der Waals surface area contributed by atoms with Crippen molar-refractivity contribution in [3.8, 4) is 0 Å². The molecule has 0 saturated heterocycles. The van der Waals surface area contributed by atoms with Gasteiger partial charge in [-0.2, -0.15) is 0 Å². The maximum atomic E-state index is 5.69. The summed E-state index contributed by atoms with van der Waals surface area (Å²) in [5.74, 6) is 1.44. The van der Waals surface area contributed by atoms with Crippen LogP contribution in [-0.4, -0.2) is 35.2 Å². The molecule has 84 valence electrons. The molecule has 3 nitrogen and oxygen atoms in total. The molecule has 1 aromatic heterocycles. The van der Waals surface area contributed by atoms with Crippen molar-refractivity contribution in [1.82, 2.24) is 9.97 Å². The molecule has 1 heterocycles. The van der Waals surface area contributed by atoms with Crippen molar-refractivity contribution in [2.24, 2.45) is 0 Å². The first-order valence-corrected chi connectivity index (χ1v) is 6.28. The van der Waals surface area contributed by atoms with E-state index in [0.29, 0.717) is 11.1 Å². The largest absolute Gasteiger partial charge is 0.347 e. The van der Waals surface area contributed by atoms with Crippen LogP contribution in [-0.2, 0) is 0 Å². The molecule has 0 N–H and O–H groups in total. The topological polar surface area (TPSA) is 29.0 Å². The number of hydrogen-bond donors (Lipinski definition) is 0. The third kappa shape index (κ3) is 4.26. The van der Waals surface area contributed by atoms with Gasteiger partial charge in [-0.3, -0.25) is 0 Å². The molecule has 0 amide bonds. The summed E-state index contributed by atoms with van der Waals surface area (Å²) >= 11 is 7.43. The van der Waals surface area contributed by atoms with Crippen LogP contribution >= 0.6 is 23.4 Å². The Bertz CT molecular complexity index is 306. The lowest BCUT2D eigenvalue weighted by Crippen LogP contribution is -2.12. The Hall–Kier alpha value is -0.480. The number of alkyl halides is 1. The van der Waals surface area contributed by atoms with Crippen molar-refractivity contribution in [2.45, 2.75) is 23.6 Å². The second-order valence-corrected chi connectivity index (χ2v) is 5.33. The first kappa shape index (κ1) is 12.6. The van der Waals surface area contributed by atoms with E-state index in [9.17, 15) is 0 Å². The third-order valence-corrected chi connectivity index (χ3v) is 3.18. The molecular formula is C10H16ClN3S. The zero-order valence-corrected chi connectivity index (χ0v) is 10.8. The lowest BCUT2D eigenvalue weighted by atomic mass is 10.4. The minimum Gasteiger partial charge on any atom is -0.347 e.